The van der Waals surface area contributed by atoms with Gasteiger partial charge in [0.25, 0.3) is 5.91 Å². The van der Waals surface area contributed by atoms with Crippen LogP contribution in [0.1, 0.15) is 16.2 Å². The molecule has 0 atom stereocenters. The molecule has 1 amide bonds. The summed E-state index contributed by atoms with van der Waals surface area (Å²) in [5.41, 5.74) is 3.08. The van der Waals surface area contributed by atoms with Gasteiger partial charge in [-0.1, -0.05) is 11.6 Å². The maximum atomic E-state index is 11.7. The van der Waals surface area contributed by atoms with E-state index in [-0.39, 0.29) is 5.91 Å². The lowest BCUT2D eigenvalue weighted by Gasteiger charge is -2.03. The summed E-state index contributed by atoms with van der Waals surface area (Å²) >= 11 is 7.32. The van der Waals surface area contributed by atoms with Gasteiger partial charge in [0.15, 0.2) is 0 Å². The normalized spacial score (nSPS) is 10.2. The second-order valence-electron chi connectivity index (χ2n) is 3.34. The Bertz CT molecular complexity index is 501. The molecule has 1 N–H and O–H groups in total. The zero-order valence-corrected chi connectivity index (χ0v) is 10.5. The van der Waals surface area contributed by atoms with Gasteiger partial charge in [0, 0.05) is 29.6 Å². The van der Waals surface area contributed by atoms with Crippen molar-refractivity contribution >= 4 is 28.8 Å². The first-order valence-corrected chi connectivity index (χ1v) is 6.34. The fraction of sp³-hybridized carbons (Fsp3) is 0.182. The standard InChI is InChI=1S/C11H10ClN3OS/c12-8-1-3-13-10(5-8)11(16)14-4-2-9-6-17-7-15-9/h1,3,5-7H,2,4H2,(H,14,16). The summed E-state index contributed by atoms with van der Waals surface area (Å²) in [6, 6.07) is 3.17. The number of hydrogen-bond donors (Lipinski definition) is 1. The van der Waals surface area contributed by atoms with Gasteiger partial charge in [-0.25, -0.2) is 4.98 Å². The Morgan fingerprint density at radius 3 is 3.06 bits per heavy atom. The van der Waals surface area contributed by atoms with E-state index in [1.165, 1.54) is 6.20 Å². The highest BCUT2D eigenvalue weighted by Gasteiger charge is 2.06. The number of amides is 1. The van der Waals surface area contributed by atoms with Crippen LogP contribution in [0, 0.1) is 0 Å². The molecule has 0 saturated heterocycles. The molecule has 0 spiro atoms. The average Bonchev–Trinajstić information content (AvgIpc) is 2.82. The molecule has 4 nitrogen and oxygen atoms in total. The SMILES string of the molecule is O=C(NCCc1cscn1)c1cc(Cl)ccn1. The van der Waals surface area contributed by atoms with Crippen molar-refractivity contribution < 1.29 is 4.79 Å². The number of nitrogens with one attached hydrogen (secondary N) is 1. The zero-order chi connectivity index (χ0) is 12.1. The minimum absolute atomic E-state index is 0.220. The van der Waals surface area contributed by atoms with Gasteiger partial charge < -0.3 is 5.32 Å². The molecule has 0 aliphatic carbocycles. The average molecular weight is 268 g/mol. The van der Waals surface area contributed by atoms with Crippen LogP contribution < -0.4 is 5.32 Å². The molecule has 0 saturated carbocycles. The van der Waals surface area contributed by atoms with Crippen LogP contribution in [0.25, 0.3) is 0 Å². The van der Waals surface area contributed by atoms with Crippen molar-refractivity contribution in [1.29, 1.82) is 0 Å². The van der Waals surface area contributed by atoms with E-state index in [4.69, 9.17) is 11.6 Å². The topological polar surface area (TPSA) is 54.9 Å². The minimum Gasteiger partial charge on any atom is -0.350 e. The Hall–Kier alpha value is -1.46. The van der Waals surface area contributed by atoms with Crippen LogP contribution in [0.3, 0.4) is 0 Å². The van der Waals surface area contributed by atoms with Gasteiger partial charge in [0.1, 0.15) is 5.69 Å². The van der Waals surface area contributed by atoms with Crippen molar-refractivity contribution in [2.24, 2.45) is 0 Å². The van der Waals surface area contributed by atoms with Gasteiger partial charge in [-0.3, -0.25) is 9.78 Å². The molecule has 6 heteroatoms. The minimum atomic E-state index is -0.220. The molecule has 0 fully saturated rings. The summed E-state index contributed by atoms with van der Waals surface area (Å²) in [7, 11) is 0. The van der Waals surface area contributed by atoms with E-state index in [9.17, 15) is 4.79 Å². The Balaban J connectivity index is 1.85. The van der Waals surface area contributed by atoms with Gasteiger partial charge in [-0.2, -0.15) is 0 Å². The van der Waals surface area contributed by atoms with Crippen molar-refractivity contribution in [3.05, 3.63) is 45.6 Å². The molecule has 17 heavy (non-hydrogen) atoms. The fourth-order valence-corrected chi connectivity index (χ4v) is 2.04. The van der Waals surface area contributed by atoms with E-state index in [0.29, 0.717) is 17.3 Å². The van der Waals surface area contributed by atoms with Gasteiger partial charge in [0.2, 0.25) is 0 Å². The first kappa shape index (κ1) is 12.0. The number of pyridine rings is 1. The molecular weight excluding hydrogens is 258 g/mol. The molecule has 0 aliphatic heterocycles. The molecule has 2 heterocycles. The van der Waals surface area contributed by atoms with E-state index < -0.39 is 0 Å². The van der Waals surface area contributed by atoms with Crippen molar-refractivity contribution in [2.45, 2.75) is 6.42 Å². The Morgan fingerprint density at radius 2 is 2.35 bits per heavy atom. The maximum Gasteiger partial charge on any atom is 0.269 e. The largest absolute Gasteiger partial charge is 0.350 e. The van der Waals surface area contributed by atoms with Crippen molar-refractivity contribution in [3.8, 4) is 0 Å². The summed E-state index contributed by atoms with van der Waals surface area (Å²) in [6.45, 7) is 0.538. The number of carbonyl (C=O) groups excluding carboxylic acids is 1. The molecule has 2 aromatic heterocycles. The van der Waals surface area contributed by atoms with Crippen LogP contribution >= 0.6 is 22.9 Å². The molecule has 2 rings (SSSR count). The van der Waals surface area contributed by atoms with E-state index >= 15 is 0 Å². The number of nitrogens with zero attached hydrogens (tertiary/aromatic N) is 2. The van der Waals surface area contributed by atoms with Gasteiger partial charge in [-0.15, -0.1) is 11.3 Å². The van der Waals surface area contributed by atoms with E-state index in [2.05, 4.69) is 15.3 Å². The predicted octanol–water partition coefficient (Wildman–Crippen LogP) is 2.16. The third-order valence-corrected chi connectivity index (χ3v) is 2.98. The molecule has 0 unspecified atom stereocenters. The zero-order valence-electron chi connectivity index (χ0n) is 8.89. The van der Waals surface area contributed by atoms with Crippen LogP contribution in [0.4, 0.5) is 0 Å². The molecular formula is C11H10ClN3OS. The number of rotatable bonds is 4. The molecule has 0 radical (unpaired) electrons. The van der Waals surface area contributed by atoms with Crippen molar-refractivity contribution in [2.75, 3.05) is 6.54 Å². The third-order valence-electron chi connectivity index (χ3n) is 2.10. The van der Waals surface area contributed by atoms with Crippen LogP contribution in [-0.2, 0) is 6.42 Å². The highest BCUT2D eigenvalue weighted by molar-refractivity contribution is 7.07. The van der Waals surface area contributed by atoms with Gasteiger partial charge >= 0.3 is 0 Å². The first-order chi connectivity index (χ1) is 8.25. The summed E-state index contributed by atoms with van der Waals surface area (Å²) in [4.78, 5) is 19.8. The molecule has 0 aliphatic rings. The number of aromatic nitrogens is 2. The highest BCUT2D eigenvalue weighted by atomic mass is 35.5. The summed E-state index contributed by atoms with van der Waals surface area (Å²) in [6.07, 6.45) is 2.23. The lowest BCUT2D eigenvalue weighted by Crippen LogP contribution is -2.26. The van der Waals surface area contributed by atoms with Crippen LogP contribution in [0.2, 0.25) is 5.02 Å². The van der Waals surface area contributed by atoms with Gasteiger partial charge in [0.05, 0.1) is 11.2 Å². The summed E-state index contributed by atoms with van der Waals surface area (Å²) in [5.74, 6) is -0.220. The van der Waals surface area contributed by atoms with E-state index in [1.54, 1.807) is 29.0 Å². The first-order valence-electron chi connectivity index (χ1n) is 5.02. The molecule has 88 valence electrons. The second-order valence-corrected chi connectivity index (χ2v) is 4.50. The predicted molar refractivity (Wildman–Crippen MR) is 67.4 cm³/mol. The summed E-state index contributed by atoms with van der Waals surface area (Å²) in [5, 5.41) is 5.24. The van der Waals surface area contributed by atoms with Crippen molar-refractivity contribution in [1.82, 2.24) is 15.3 Å². The van der Waals surface area contributed by atoms with Gasteiger partial charge in [-0.05, 0) is 12.1 Å². The molecule has 0 bridgehead atoms. The lowest BCUT2D eigenvalue weighted by molar-refractivity contribution is 0.0949. The maximum absolute atomic E-state index is 11.7. The fourth-order valence-electron chi connectivity index (χ4n) is 1.28. The van der Waals surface area contributed by atoms with Crippen molar-refractivity contribution in [3.63, 3.8) is 0 Å². The van der Waals surface area contributed by atoms with E-state index in [1.807, 2.05) is 5.38 Å². The summed E-state index contributed by atoms with van der Waals surface area (Å²) < 4.78 is 0. The Labute approximate surface area is 108 Å². The number of halogens is 1. The van der Waals surface area contributed by atoms with Crippen LogP contribution in [0.5, 0.6) is 0 Å². The number of carbonyl (C=O) groups is 1. The quantitative estimate of drug-likeness (QED) is 0.924. The lowest BCUT2D eigenvalue weighted by atomic mass is 10.3. The second kappa shape index (κ2) is 5.75. The monoisotopic (exact) mass is 267 g/mol. The Kier molecular flexibility index (Phi) is 4.06. The van der Waals surface area contributed by atoms with Crippen LogP contribution in [-0.4, -0.2) is 22.4 Å². The number of hydrogen-bond acceptors (Lipinski definition) is 4. The number of thiazole rings is 1. The Morgan fingerprint density at radius 1 is 1.47 bits per heavy atom. The highest BCUT2D eigenvalue weighted by Crippen LogP contribution is 2.07. The molecule has 2 aromatic rings. The third kappa shape index (κ3) is 3.51. The molecule has 0 aromatic carbocycles. The smallest absolute Gasteiger partial charge is 0.269 e. The van der Waals surface area contributed by atoms with Crippen LogP contribution in [0.15, 0.2) is 29.2 Å². The van der Waals surface area contributed by atoms with E-state index in [0.717, 1.165) is 12.1 Å².